The monoisotopic (exact) mass is 458 g/mol. The van der Waals surface area contributed by atoms with E-state index in [0.717, 1.165) is 48.3 Å². The molecule has 0 radical (unpaired) electrons. The molecule has 7 heteroatoms. The molecule has 5 rings (SSSR count). The third-order valence-corrected chi connectivity index (χ3v) is 6.59. The van der Waals surface area contributed by atoms with Crippen molar-refractivity contribution in [2.24, 2.45) is 0 Å². The normalized spacial score (nSPS) is 15.4. The number of fused-ring (bicyclic) bond motifs is 3. The lowest BCUT2D eigenvalue weighted by molar-refractivity contribution is 0.108. The number of aromatic nitrogens is 3. The molecule has 0 bridgehead atoms. The van der Waals surface area contributed by atoms with Gasteiger partial charge in [0.15, 0.2) is 0 Å². The topological polar surface area (TPSA) is 72.4 Å². The summed E-state index contributed by atoms with van der Waals surface area (Å²) in [6.45, 7) is 4.28. The molecule has 1 N–H and O–H groups in total. The predicted molar refractivity (Wildman–Crippen MR) is 131 cm³/mol. The Morgan fingerprint density at radius 2 is 2.06 bits per heavy atom. The number of amides is 1. The minimum Gasteiger partial charge on any atom is -0.494 e. The smallest absolute Gasteiger partial charge is 0.410 e. The summed E-state index contributed by atoms with van der Waals surface area (Å²) < 4.78 is 13.1. The Morgan fingerprint density at radius 3 is 2.79 bits per heavy atom. The van der Waals surface area contributed by atoms with Crippen molar-refractivity contribution in [3.8, 4) is 5.75 Å². The average Bonchev–Trinajstić information content (AvgIpc) is 3.53. The summed E-state index contributed by atoms with van der Waals surface area (Å²) in [6, 6.07) is 14.4. The second-order valence-corrected chi connectivity index (χ2v) is 8.64. The van der Waals surface area contributed by atoms with Gasteiger partial charge in [0.05, 0.1) is 20.0 Å². The van der Waals surface area contributed by atoms with E-state index in [1.807, 2.05) is 41.4 Å². The third-order valence-electron chi connectivity index (χ3n) is 6.59. The fourth-order valence-corrected chi connectivity index (χ4v) is 4.82. The molecule has 4 aromatic rings. The number of aryl methyl sites for hydroxylation is 2. The number of rotatable bonds is 7. The first-order chi connectivity index (χ1) is 16.7. The molecular formula is C27H30N4O3. The van der Waals surface area contributed by atoms with Gasteiger partial charge in [-0.2, -0.15) is 0 Å². The molecule has 176 valence electrons. The number of nitrogens with one attached hydrogen (secondary N) is 1. The zero-order valence-electron chi connectivity index (χ0n) is 19.7. The molecular weight excluding hydrogens is 428 g/mol. The van der Waals surface area contributed by atoms with Crippen LogP contribution in [0.3, 0.4) is 0 Å². The van der Waals surface area contributed by atoms with Gasteiger partial charge >= 0.3 is 6.09 Å². The van der Waals surface area contributed by atoms with Gasteiger partial charge in [-0.3, -0.25) is 4.90 Å². The fraction of sp³-hybridized carbons (Fsp3) is 0.333. The molecule has 2 aromatic carbocycles. The summed E-state index contributed by atoms with van der Waals surface area (Å²) in [6.07, 6.45) is 7.92. The van der Waals surface area contributed by atoms with Crippen LogP contribution in [-0.2, 0) is 24.1 Å². The highest BCUT2D eigenvalue weighted by Crippen LogP contribution is 2.39. The summed E-state index contributed by atoms with van der Waals surface area (Å²) in [4.78, 5) is 22.1. The zero-order chi connectivity index (χ0) is 23.5. The van der Waals surface area contributed by atoms with Crippen LogP contribution in [0, 0.1) is 0 Å². The maximum Gasteiger partial charge on any atom is 0.410 e. The van der Waals surface area contributed by atoms with Gasteiger partial charge in [-0.25, -0.2) is 9.78 Å². The van der Waals surface area contributed by atoms with Gasteiger partial charge in [0.25, 0.3) is 0 Å². The molecule has 0 aliphatic carbocycles. The molecule has 3 heterocycles. The van der Waals surface area contributed by atoms with E-state index in [9.17, 15) is 4.79 Å². The fourth-order valence-electron chi connectivity index (χ4n) is 4.82. The minimum atomic E-state index is -0.316. The summed E-state index contributed by atoms with van der Waals surface area (Å²) in [5.74, 6) is 0.819. The Labute approximate surface area is 199 Å². The molecule has 7 nitrogen and oxygen atoms in total. The van der Waals surface area contributed by atoms with Crippen molar-refractivity contribution in [3.63, 3.8) is 0 Å². The number of ether oxygens (including phenoxy) is 2. The van der Waals surface area contributed by atoms with Crippen molar-refractivity contribution in [2.45, 2.75) is 38.8 Å². The molecule has 1 aliphatic rings. The first-order valence-corrected chi connectivity index (χ1v) is 11.8. The van der Waals surface area contributed by atoms with Gasteiger partial charge in [0, 0.05) is 42.1 Å². The van der Waals surface area contributed by atoms with E-state index in [1.165, 1.54) is 23.6 Å². The van der Waals surface area contributed by atoms with Crippen LogP contribution in [-0.4, -0.2) is 45.8 Å². The highest BCUT2D eigenvalue weighted by Gasteiger charge is 2.35. The van der Waals surface area contributed by atoms with Gasteiger partial charge in [-0.15, -0.1) is 0 Å². The van der Waals surface area contributed by atoms with Crippen LogP contribution < -0.4 is 4.74 Å². The quantitative estimate of drug-likeness (QED) is 0.391. The number of carbonyl (C=O) groups is 1. The maximum absolute atomic E-state index is 12.7. The van der Waals surface area contributed by atoms with E-state index >= 15 is 0 Å². The number of nitrogens with zero attached hydrogens (tertiary/aromatic N) is 3. The van der Waals surface area contributed by atoms with E-state index in [4.69, 9.17) is 9.47 Å². The van der Waals surface area contributed by atoms with Crippen molar-refractivity contribution < 1.29 is 14.3 Å². The zero-order valence-corrected chi connectivity index (χ0v) is 19.7. The third kappa shape index (κ3) is 4.25. The largest absolute Gasteiger partial charge is 0.494 e. The summed E-state index contributed by atoms with van der Waals surface area (Å²) in [5.41, 5.74) is 5.80. The van der Waals surface area contributed by atoms with E-state index < -0.39 is 0 Å². The Bertz CT molecular complexity index is 1260. The van der Waals surface area contributed by atoms with E-state index in [-0.39, 0.29) is 12.1 Å². The summed E-state index contributed by atoms with van der Waals surface area (Å²) in [5, 5.41) is 1.25. The Morgan fingerprint density at radius 1 is 1.21 bits per heavy atom. The second kappa shape index (κ2) is 9.63. The van der Waals surface area contributed by atoms with Gasteiger partial charge < -0.3 is 19.0 Å². The van der Waals surface area contributed by atoms with Gasteiger partial charge in [-0.05, 0) is 60.2 Å². The van der Waals surface area contributed by atoms with E-state index in [0.29, 0.717) is 13.2 Å². The van der Waals surface area contributed by atoms with E-state index in [2.05, 4.69) is 35.1 Å². The van der Waals surface area contributed by atoms with E-state index in [1.54, 1.807) is 11.1 Å². The van der Waals surface area contributed by atoms with Crippen molar-refractivity contribution in [2.75, 3.05) is 20.3 Å². The lowest BCUT2D eigenvalue weighted by atomic mass is 9.92. The molecule has 34 heavy (non-hydrogen) atoms. The lowest BCUT2D eigenvalue weighted by Gasteiger charge is -2.35. The molecule has 0 fully saturated rings. The van der Waals surface area contributed by atoms with Crippen LogP contribution in [0.2, 0.25) is 0 Å². The molecule has 0 saturated heterocycles. The highest BCUT2D eigenvalue weighted by molar-refractivity contribution is 5.86. The van der Waals surface area contributed by atoms with Crippen molar-refractivity contribution >= 4 is 17.0 Å². The van der Waals surface area contributed by atoms with Crippen LogP contribution in [0.4, 0.5) is 4.79 Å². The number of aromatic amines is 1. The Balaban J connectivity index is 1.39. The van der Waals surface area contributed by atoms with Crippen molar-refractivity contribution in [1.29, 1.82) is 0 Å². The summed E-state index contributed by atoms with van der Waals surface area (Å²) >= 11 is 0. The SMILES string of the molecule is CCc1ccc2[nH]c3c(c2c1)CCN(C(=O)OC)C3c1ccc(OCCCn2ccnc2)cc1. The Hall–Kier alpha value is -3.74. The number of methoxy groups -OCH3 is 1. The first kappa shape index (κ1) is 22.1. The van der Waals surface area contributed by atoms with Crippen LogP contribution in [0.1, 0.15) is 41.8 Å². The lowest BCUT2D eigenvalue weighted by Crippen LogP contribution is -2.40. The number of imidazole rings is 1. The molecule has 0 saturated carbocycles. The minimum absolute atomic E-state index is 0.232. The van der Waals surface area contributed by atoms with Crippen LogP contribution in [0.15, 0.2) is 61.2 Å². The molecule has 0 spiro atoms. The second-order valence-electron chi connectivity index (χ2n) is 8.64. The van der Waals surface area contributed by atoms with Crippen molar-refractivity contribution in [1.82, 2.24) is 19.4 Å². The van der Waals surface area contributed by atoms with Gasteiger partial charge in [0.2, 0.25) is 0 Å². The predicted octanol–water partition coefficient (Wildman–Crippen LogP) is 5.11. The number of hydrogen-bond acceptors (Lipinski definition) is 4. The average molecular weight is 459 g/mol. The first-order valence-electron chi connectivity index (χ1n) is 11.8. The maximum atomic E-state index is 12.7. The van der Waals surface area contributed by atoms with Crippen LogP contribution in [0.25, 0.3) is 10.9 Å². The molecule has 1 atom stereocenters. The molecule has 1 unspecified atom stereocenters. The Kier molecular flexibility index (Phi) is 6.25. The number of H-pyrrole nitrogens is 1. The van der Waals surface area contributed by atoms with Crippen LogP contribution in [0.5, 0.6) is 5.75 Å². The summed E-state index contributed by atoms with van der Waals surface area (Å²) in [7, 11) is 1.44. The van der Waals surface area contributed by atoms with Crippen molar-refractivity contribution in [3.05, 3.63) is 83.6 Å². The van der Waals surface area contributed by atoms with Gasteiger partial charge in [-0.1, -0.05) is 25.1 Å². The molecule has 1 amide bonds. The highest BCUT2D eigenvalue weighted by atomic mass is 16.5. The number of hydrogen-bond donors (Lipinski definition) is 1. The number of benzene rings is 2. The molecule has 2 aromatic heterocycles. The van der Waals surface area contributed by atoms with Crippen LogP contribution >= 0.6 is 0 Å². The van der Waals surface area contributed by atoms with Gasteiger partial charge in [0.1, 0.15) is 11.8 Å². The standard InChI is InChI=1S/C27H30N4O3/c1-3-19-5-10-24-23(17-19)22-11-14-31(27(32)33-2)26(25(22)29-24)20-6-8-21(9-7-20)34-16-4-13-30-15-12-28-18-30/h5-10,12,15,17-18,26,29H,3-4,11,13-14,16H2,1-2H3. The number of carbonyl (C=O) groups excluding carboxylic acids is 1. The molecule has 1 aliphatic heterocycles.